The van der Waals surface area contributed by atoms with Crippen molar-refractivity contribution in [3.8, 4) is 5.88 Å². The number of ether oxygens (including phenoxy) is 2. The molecule has 1 saturated heterocycles. The Morgan fingerprint density at radius 2 is 2.22 bits per heavy atom. The summed E-state index contributed by atoms with van der Waals surface area (Å²) in [5.74, 6) is 1.27. The molecule has 0 spiro atoms. The number of guanidine groups is 1. The summed E-state index contributed by atoms with van der Waals surface area (Å²) >= 11 is 0. The van der Waals surface area contributed by atoms with Crippen molar-refractivity contribution in [2.24, 2.45) is 12.0 Å². The summed E-state index contributed by atoms with van der Waals surface area (Å²) in [7, 11) is 6.95. The van der Waals surface area contributed by atoms with Crippen molar-refractivity contribution in [1.29, 1.82) is 0 Å². The lowest BCUT2D eigenvalue weighted by Crippen LogP contribution is -2.45. The van der Waals surface area contributed by atoms with Gasteiger partial charge in [-0.25, -0.2) is 9.67 Å². The molecular formula is C18H32N6O3. The molecule has 9 nitrogen and oxygen atoms in total. The van der Waals surface area contributed by atoms with Crippen molar-refractivity contribution >= 4 is 11.9 Å². The zero-order chi connectivity index (χ0) is 19.8. The Hall–Kier alpha value is -2.29. The van der Waals surface area contributed by atoms with E-state index in [2.05, 4.69) is 27.6 Å². The number of likely N-dealkylation sites (N-methyl/N-ethyl adjacent to an activating group) is 1. The van der Waals surface area contributed by atoms with E-state index >= 15 is 0 Å². The van der Waals surface area contributed by atoms with Crippen LogP contribution in [0.25, 0.3) is 0 Å². The SMILES string of the molecule is CCc1nn(C)c(OC)c1CN=C(NCC(=O)N(C)C)NCC1CCCO1. The highest BCUT2D eigenvalue weighted by atomic mass is 16.5. The average Bonchev–Trinajstić information content (AvgIpc) is 3.27. The molecule has 0 radical (unpaired) electrons. The summed E-state index contributed by atoms with van der Waals surface area (Å²) in [6, 6.07) is 0. The summed E-state index contributed by atoms with van der Waals surface area (Å²) < 4.78 is 12.9. The van der Waals surface area contributed by atoms with Gasteiger partial charge in [0.2, 0.25) is 11.8 Å². The van der Waals surface area contributed by atoms with Gasteiger partial charge in [-0.1, -0.05) is 6.92 Å². The number of aromatic nitrogens is 2. The van der Waals surface area contributed by atoms with Gasteiger partial charge in [-0.2, -0.15) is 5.10 Å². The number of rotatable bonds is 8. The Kier molecular flexibility index (Phi) is 7.90. The molecule has 2 rings (SSSR count). The molecule has 1 atom stereocenters. The van der Waals surface area contributed by atoms with Crippen LogP contribution in [-0.4, -0.2) is 73.6 Å². The van der Waals surface area contributed by atoms with Crippen molar-refractivity contribution < 1.29 is 14.3 Å². The van der Waals surface area contributed by atoms with Gasteiger partial charge in [-0.15, -0.1) is 0 Å². The Morgan fingerprint density at radius 1 is 1.44 bits per heavy atom. The van der Waals surface area contributed by atoms with Crippen LogP contribution in [0.15, 0.2) is 4.99 Å². The highest BCUT2D eigenvalue weighted by Crippen LogP contribution is 2.22. The molecule has 152 valence electrons. The van der Waals surface area contributed by atoms with Crippen LogP contribution in [0.5, 0.6) is 5.88 Å². The number of amides is 1. The second kappa shape index (κ2) is 10.1. The van der Waals surface area contributed by atoms with E-state index in [4.69, 9.17) is 9.47 Å². The summed E-state index contributed by atoms with van der Waals surface area (Å²) in [5, 5.41) is 10.9. The molecule has 1 aliphatic heterocycles. The molecule has 0 aliphatic carbocycles. The van der Waals surface area contributed by atoms with Crippen molar-refractivity contribution in [1.82, 2.24) is 25.3 Å². The molecule has 1 fully saturated rings. The number of nitrogens with one attached hydrogen (secondary N) is 2. The molecule has 1 aromatic heterocycles. The number of aliphatic imine (C=N–C) groups is 1. The summed E-state index contributed by atoms with van der Waals surface area (Å²) in [6.07, 6.45) is 3.10. The van der Waals surface area contributed by atoms with E-state index in [1.54, 1.807) is 30.8 Å². The number of carbonyl (C=O) groups excluding carboxylic acids is 1. The Morgan fingerprint density at radius 3 is 2.81 bits per heavy atom. The van der Waals surface area contributed by atoms with Crippen LogP contribution >= 0.6 is 0 Å². The first-order valence-corrected chi connectivity index (χ1v) is 9.38. The molecule has 1 aromatic rings. The fraction of sp³-hybridized carbons (Fsp3) is 0.722. The second-order valence-corrected chi connectivity index (χ2v) is 6.73. The average molecular weight is 380 g/mol. The monoisotopic (exact) mass is 380 g/mol. The van der Waals surface area contributed by atoms with Crippen LogP contribution in [0.2, 0.25) is 0 Å². The largest absolute Gasteiger partial charge is 0.481 e. The molecule has 1 unspecified atom stereocenters. The summed E-state index contributed by atoms with van der Waals surface area (Å²) in [5.41, 5.74) is 1.92. The molecule has 2 heterocycles. The number of methoxy groups -OCH3 is 1. The molecule has 2 N–H and O–H groups in total. The Balaban J connectivity index is 2.09. The van der Waals surface area contributed by atoms with Gasteiger partial charge < -0.3 is 25.0 Å². The zero-order valence-electron chi connectivity index (χ0n) is 17.0. The van der Waals surface area contributed by atoms with E-state index in [1.807, 2.05) is 7.05 Å². The summed E-state index contributed by atoms with van der Waals surface area (Å²) in [4.78, 5) is 18.1. The lowest BCUT2D eigenvalue weighted by molar-refractivity contribution is -0.127. The van der Waals surface area contributed by atoms with Crippen molar-refractivity contribution in [3.05, 3.63) is 11.3 Å². The predicted molar refractivity (Wildman–Crippen MR) is 104 cm³/mol. The molecule has 27 heavy (non-hydrogen) atoms. The van der Waals surface area contributed by atoms with Crippen LogP contribution in [0.1, 0.15) is 31.0 Å². The molecule has 0 aromatic carbocycles. The highest BCUT2D eigenvalue weighted by Gasteiger charge is 2.18. The fourth-order valence-electron chi connectivity index (χ4n) is 2.97. The fourth-order valence-corrected chi connectivity index (χ4v) is 2.97. The third-order valence-electron chi connectivity index (χ3n) is 4.52. The number of hydrogen-bond acceptors (Lipinski definition) is 5. The maximum absolute atomic E-state index is 11.9. The zero-order valence-corrected chi connectivity index (χ0v) is 17.0. The summed E-state index contributed by atoms with van der Waals surface area (Å²) in [6.45, 7) is 4.11. The smallest absolute Gasteiger partial charge is 0.241 e. The number of hydrogen-bond donors (Lipinski definition) is 2. The second-order valence-electron chi connectivity index (χ2n) is 6.73. The molecule has 1 aliphatic rings. The van der Waals surface area contributed by atoms with Gasteiger partial charge in [-0.05, 0) is 19.3 Å². The van der Waals surface area contributed by atoms with Crippen LogP contribution in [0, 0.1) is 0 Å². The molecular weight excluding hydrogens is 348 g/mol. The van der Waals surface area contributed by atoms with Gasteiger partial charge in [0, 0.05) is 34.3 Å². The van der Waals surface area contributed by atoms with E-state index in [1.165, 1.54) is 0 Å². The first kappa shape index (κ1) is 21.0. The van der Waals surface area contributed by atoms with E-state index in [-0.39, 0.29) is 18.6 Å². The minimum absolute atomic E-state index is 0.0187. The minimum atomic E-state index is -0.0187. The van der Waals surface area contributed by atoms with E-state index in [9.17, 15) is 4.79 Å². The maximum Gasteiger partial charge on any atom is 0.241 e. The lowest BCUT2D eigenvalue weighted by Gasteiger charge is -2.17. The first-order valence-electron chi connectivity index (χ1n) is 9.38. The van der Waals surface area contributed by atoms with Gasteiger partial charge in [0.05, 0.1) is 37.6 Å². The van der Waals surface area contributed by atoms with Crippen molar-refractivity contribution in [2.75, 3.05) is 40.9 Å². The predicted octanol–water partition coefficient (Wildman–Crippen LogP) is 0.294. The van der Waals surface area contributed by atoms with Gasteiger partial charge in [0.1, 0.15) is 0 Å². The number of carbonyl (C=O) groups is 1. The van der Waals surface area contributed by atoms with E-state index in [0.717, 1.165) is 37.1 Å². The minimum Gasteiger partial charge on any atom is -0.481 e. The van der Waals surface area contributed by atoms with Gasteiger partial charge in [-0.3, -0.25) is 4.79 Å². The number of aryl methyl sites for hydroxylation is 2. The van der Waals surface area contributed by atoms with Crippen LogP contribution in [0.3, 0.4) is 0 Å². The molecule has 1 amide bonds. The topological polar surface area (TPSA) is 93.0 Å². The van der Waals surface area contributed by atoms with Gasteiger partial charge in [0.25, 0.3) is 0 Å². The maximum atomic E-state index is 11.9. The first-order chi connectivity index (χ1) is 13.0. The Labute approximate surface area is 161 Å². The van der Waals surface area contributed by atoms with Crippen LogP contribution in [0.4, 0.5) is 0 Å². The normalized spacial score (nSPS) is 17.1. The van der Waals surface area contributed by atoms with E-state index in [0.29, 0.717) is 24.9 Å². The van der Waals surface area contributed by atoms with Crippen molar-refractivity contribution in [3.63, 3.8) is 0 Å². The van der Waals surface area contributed by atoms with Gasteiger partial charge in [0.15, 0.2) is 5.96 Å². The van der Waals surface area contributed by atoms with Crippen LogP contribution in [-0.2, 0) is 29.5 Å². The number of nitrogens with zero attached hydrogens (tertiary/aromatic N) is 4. The lowest BCUT2D eigenvalue weighted by atomic mass is 10.2. The molecule has 0 bridgehead atoms. The third-order valence-corrected chi connectivity index (χ3v) is 4.52. The third kappa shape index (κ3) is 5.85. The quantitative estimate of drug-likeness (QED) is 0.498. The van der Waals surface area contributed by atoms with Gasteiger partial charge >= 0.3 is 0 Å². The van der Waals surface area contributed by atoms with E-state index < -0.39 is 0 Å². The standard InChI is InChI=1S/C18H32N6O3/c1-6-15-14(17(26-5)24(4)22-15)11-20-18(21-12-16(25)23(2)3)19-10-13-8-7-9-27-13/h13H,6-12H2,1-5H3,(H2,19,20,21). The Bertz CT molecular complexity index is 650. The van der Waals surface area contributed by atoms with Crippen LogP contribution < -0.4 is 15.4 Å². The van der Waals surface area contributed by atoms with Crippen molar-refractivity contribution in [2.45, 2.75) is 38.8 Å². The molecule has 0 saturated carbocycles. The highest BCUT2D eigenvalue weighted by molar-refractivity contribution is 5.86. The molecule has 9 heteroatoms.